The highest BCUT2D eigenvalue weighted by molar-refractivity contribution is 8.08. The number of rotatable bonds is 14. The van der Waals surface area contributed by atoms with Crippen LogP contribution in [0.1, 0.15) is 33.9 Å². The van der Waals surface area contributed by atoms with Gasteiger partial charge in [0, 0.05) is 27.7 Å². The third-order valence-electron chi connectivity index (χ3n) is 8.14. The van der Waals surface area contributed by atoms with Gasteiger partial charge in [0.15, 0.2) is 36.2 Å². The van der Waals surface area contributed by atoms with Crippen LogP contribution in [0.5, 0.6) is 0 Å². The van der Waals surface area contributed by atoms with Crippen LogP contribution in [0.2, 0.25) is 0 Å². The predicted octanol–water partition coefficient (Wildman–Crippen LogP) is -0.979. The van der Waals surface area contributed by atoms with E-state index in [2.05, 4.69) is 15.0 Å². The second-order valence-corrected chi connectivity index (χ2v) is 16.2. The van der Waals surface area contributed by atoms with Gasteiger partial charge in [0.25, 0.3) is 0 Å². The SMILES string of the molecule is CC(=O)OC[C@H](F)C1[C@@H](OC(C)=O)C(OC(C)=O)C2[C@H](OP(=O)(O)OP(O)(=S)OC[C@H]3O[C@@H](n4cnc5c(N)ncnc54)C(O)C3O)OC21OC(C)=O. The van der Waals surface area contributed by atoms with Crippen molar-refractivity contribution in [1.29, 1.82) is 0 Å². The van der Waals surface area contributed by atoms with E-state index in [4.69, 9.17) is 59.3 Å². The molecule has 23 nitrogen and oxygen atoms in total. The minimum absolute atomic E-state index is 0.0320. The molecule has 0 bridgehead atoms. The molecule has 2 aliphatic heterocycles. The van der Waals surface area contributed by atoms with Crippen molar-refractivity contribution in [3.05, 3.63) is 12.7 Å². The number of hydrogen-bond acceptors (Lipinski definition) is 21. The second kappa shape index (κ2) is 15.4. The highest BCUT2D eigenvalue weighted by atomic mass is 32.5. The lowest BCUT2D eigenvalue weighted by Crippen LogP contribution is -2.66. The molecule has 0 spiro atoms. The molecule has 8 unspecified atom stereocenters. The van der Waals surface area contributed by atoms with Gasteiger partial charge in [-0.1, -0.05) is 0 Å². The number of phosphoric acid groups is 1. The maximum atomic E-state index is 15.8. The number of anilines is 1. The first kappa shape index (κ1) is 40.9. The molecule has 5 rings (SSSR count). The summed E-state index contributed by atoms with van der Waals surface area (Å²) in [7, 11) is -5.60. The summed E-state index contributed by atoms with van der Waals surface area (Å²) in [5, 5.41) is 21.3. The number of aliphatic hydroxyl groups excluding tert-OH is 2. The van der Waals surface area contributed by atoms with Crippen molar-refractivity contribution in [3.8, 4) is 0 Å². The molecule has 3 fully saturated rings. The number of aromatic nitrogens is 4. The van der Waals surface area contributed by atoms with E-state index < -0.39 is 118 Å². The lowest BCUT2D eigenvalue weighted by molar-refractivity contribution is -0.425. The average Bonchev–Trinajstić information content (AvgIpc) is 3.62. The van der Waals surface area contributed by atoms with Crippen LogP contribution in [0.25, 0.3) is 11.2 Å². The summed E-state index contributed by atoms with van der Waals surface area (Å²) in [6, 6.07) is 0. The zero-order chi connectivity index (χ0) is 39.2. The average molecular weight is 818 g/mol. The van der Waals surface area contributed by atoms with Crippen LogP contribution >= 0.6 is 14.5 Å². The van der Waals surface area contributed by atoms with Gasteiger partial charge in [0.2, 0.25) is 5.79 Å². The normalized spacial score (nSPS) is 33.5. The van der Waals surface area contributed by atoms with E-state index in [0.717, 1.165) is 34.0 Å². The Labute approximate surface area is 302 Å². The molecule has 2 saturated heterocycles. The third-order valence-corrected chi connectivity index (χ3v) is 11.7. The molecule has 2 aromatic rings. The standard InChI is InChI=1S/C26H34FN5O18P2S/c1-9(33)42-5-13(27)15-20(44-10(2)34)21(45-11(3)35)16-25(48-26(15,16)47-12(4)36)49-51(39,40)50-52(41,53)43-6-14-18(37)19(38)24(46-14)32-8-31-17-22(28)29-7-30-23(17)32/h7-8,13-16,18-21,24-25,37-38H,5-6H2,1-4H3,(H,39,40)(H,41,53)(H2,28,29,30)/t13-,14+,15?,16?,18?,19?,20+,21?,24+,25-,26?,52?/m0/s1. The summed E-state index contributed by atoms with van der Waals surface area (Å²) in [6.07, 6.45) is -11.6. The summed E-state index contributed by atoms with van der Waals surface area (Å²) in [4.78, 5) is 81.0. The van der Waals surface area contributed by atoms with Gasteiger partial charge in [-0.15, -0.1) is 0 Å². The smallest absolute Gasteiger partial charge is 0.463 e. The summed E-state index contributed by atoms with van der Waals surface area (Å²) < 4.78 is 76.9. The molecular formula is C26H34FN5O18P2S. The minimum atomic E-state index is -5.60. The van der Waals surface area contributed by atoms with Crippen molar-refractivity contribution in [1.82, 2.24) is 19.5 Å². The fraction of sp³-hybridized carbons (Fsp3) is 0.654. The molecule has 6 N–H and O–H groups in total. The van der Waals surface area contributed by atoms with Crippen molar-refractivity contribution in [2.24, 2.45) is 11.8 Å². The van der Waals surface area contributed by atoms with E-state index in [1.165, 1.54) is 10.9 Å². The zero-order valence-electron chi connectivity index (χ0n) is 27.9. The van der Waals surface area contributed by atoms with Crippen LogP contribution in [0.4, 0.5) is 10.2 Å². The molecule has 0 amide bonds. The number of phosphoric ester groups is 1. The van der Waals surface area contributed by atoms with Gasteiger partial charge >= 0.3 is 38.4 Å². The Morgan fingerprint density at radius 2 is 1.70 bits per heavy atom. The number of carbonyl (C=O) groups is 4. The first-order valence-electron chi connectivity index (χ1n) is 15.3. The highest BCUT2D eigenvalue weighted by Gasteiger charge is 2.79. The number of nitrogen functional groups attached to an aromatic ring is 1. The number of aliphatic hydroxyl groups is 2. The van der Waals surface area contributed by atoms with Crippen LogP contribution in [-0.2, 0) is 77.3 Å². The van der Waals surface area contributed by atoms with Gasteiger partial charge in [-0.25, -0.2) is 28.2 Å². The van der Waals surface area contributed by atoms with Crippen LogP contribution in [0.15, 0.2) is 12.7 Å². The number of ether oxygens (including phenoxy) is 6. The molecule has 0 aromatic carbocycles. The lowest BCUT2D eigenvalue weighted by atomic mass is 9.86. The number of carbonyl (C=O) groups excluding carboxylic acids is 4. The monoisotopic (exact) mass is 817 g/mol. The number of imidazole rings is 1. The molecule has 1 aliphatic carbocycles. The van der Waals surface area contributed by atoms with Crippen molar-refractivity contribution >= 4 is 67.2 Å². The molecule has 53 heavy (non-hydrogen) atoms. The number of halogens is 1. The summed E-state index contributed by atoms with van der Waals surface area (Å²) in [5.74, 6) is -10.1. The maximum Gasteiger partial charge on any atom is 0.481 e. The van der Waals surface area contributed by atoms with Crippen molar-refractivity contribution in [2.45, 2.75) is 82.7 Å². The number of alkyl halides is 1. The van der Waals surface area contributed by atoms with E-state index in [0.29, 0.717) is 0 Å². The molecule has 4 heterocycles. The zero-order valence-corrected chi connectivity index (χ0v) is 30.5. The van der Waals surface area contributed by atoms with Crippen molar-refractivity contribution in [3.63, 3.8) is 0 Å². The predicted molar refractivity (Wildman–Crippen MR) is 169 cm³/mol. The van der Waals surface area contributed by atoms with E-state index in [1.807, 2.05) is 0 Å². The molecule has 294 valence electrons. The van der Waals surface area contributed by atoms with Crippen molar-refractivity contribution in [2.75, 3.05) is 18.9 Å². The van der Waals surface area contributed by atoms with Crippen LogP contribution in [0.3, 0.4) is 0 Å². The molecule has 3 aliphatic rings. The fourth-order valence-electron chi connectivity index (χ4n) is 6.29. The largest absolute Gasteiger partial charge is 0.481 e. The summed E-state index contributed by atoms with van der Waals surface area (Å²) in [5.41, 5.74) is 6.11. The number of nitrogens with zero attached hydrogens (tertiary/aromatic N) is 4. The maximum absolute atomic E-state index is 15.8. The fourth-order valence-corrected chi connectivity index (χ4v) is 9.39. The number of esters is 4. The van der Waals surface area contributed by atoms with Gasteiger partial charge in [0.05, 0.1) is 12.9 Å². The Morgan fingerprint density at radius 1 is 1.04 bits per heavy atom. The van der Waals surface area contributed by atoms with Gasteiger partial charge in [-0.2, -0.15) is 0 Å². The van der Waals surface area contributed by atoms with Gasteiger partial charge in [0.1, 0.15) is 54.8 Å². The molecule has 2 aromatic heterocycles. The first-order chi connectivity index (χ1) is 24.7. The van der Waals surface area contributed by atoms with Crippen LogP contribution in [0, 0.1) is 11.8 Å². The molecule has 13 atom stereocenters. The van der Waals surface area contributed by atoms with Crippen LogP contribution < -0.4 is 5.73 Å². The molecular weight excluding hydrogens is 783 g/mol. The quantitative estimate of drug-likeness (QED) is 0.0869. The Hall–Kier alpha value is -3.32. The summed E-state index contributed by atoms with van der Waals surface area (Å²) >= 11 is 4.85. The lowest BCUT2D eigenvalue weighted by Gasteiger charge is -2.51. The topological polar surface area (TPSA) is 319 Å². The number of hydrogen-bond donors (Lipinski definition) is 5. The van der Waals surface area contributed by atoms with Gasteiger partial charge in [-0.3, -0.25) is 28.3 Å². The number of nitrogens with two attached hydrogens (primary N) is 1. The Morgan fingerprint density at radius 3 is 2.32 bits per heavy atom. The number of fused-ring (bicyclic) bond motifs is 2. The highest BCUT2D eigenvalue weighted by Crippen LogP contribution is 2.66. The molecule has 27 heteroatoms. The van der Waals surface area contributed by atoms with Gasteiger partial charge in [-0.05, 0) is 11.8 Å². The van der Waals surface area contributed by atoms with E-state index in [1.54, 1.807) is 0 Å². The van der Waals surface area contributed by atoms with E-state index >= 15 is 4.39 Å². The minimum Gasteiger partial charge on any atom is -0.463 e. The van der Waals surface area contributed by atoms with Gasteiger partial charge < -0.3 is 58.7 Å². The third kappa shape index (κ3) is 8.50. The first-order valence-corrected chi connectivity index (χ1v) is 19.4. The Bertz CT molecular complexity index is 1860. The van der Waals surface area contributed by atoms with Crippen LogP contribution in [-0.4, -0.2) is 125 Å². The molecule has 1 saturated carbocycles. The summed E-state index contributed by atoms with van der Waals surface area (Å²) in [6.45, 7) is -2.85. The van der Waals surface area contributed by atoms with E-state index in [-0.39, 0.29) is 17.0 Å². The van der Waals surface area contributed by atoms with Crippen molar-refractivity contribution < 1.29 is 89.9 Å². The Balaban J connectivity index is 1.31. The Kier molecular flexibility index (Phi) is 11.9. The molecule has 0 radical (unpaired) electrons. The van der Waals surface area contributed by atoms with E-state index in [9.17, 15) is 43.7 Å². The second-order valence-electron chi connectivity index (χ2n) is 11.9.